The van der Waals surface area contributed by atoms with Crippen LogP contribution >= 0.6 is 12.4 Å². The van der Waals surface area contributed by atoms with E-state index < -0.39 is 5.54 Å². The van der Waals surface area contributed by atoms with E-state index in [1.54, 1.807) is 0 Å². The molecular formula is C13H18ClN3O. The fourth-order valence-electron chi connectivity index (χ4n) is 1.79. The van der Waals surface area contributed by atoms with Gasteiger partial charge < -0.3 is 10.3 Å². The summed E-state index contributed by atoms with van der Waals surface area (Å²) in [6.45, 7) is 4.00. The zero-order valence-corrected chi connectivity index (χ0v) is 11.4. The third-order valence-electron chi connectivity index (χ3n) is 2.72. The van der Waals surface area contributed by atoms with Gasteiger partial charge in [-0.1, -0.05) is 48.8 Å². The van der Waals surface area contributed by atoms with Crippen molar-refractivity contribution in [1.82, 2.24) is 10.1 Å². The molecule has 2 aromatic rings. The maximum absolute atomic E-state index is 6.14. The zero-order valence-electron chi connectivity index (χ0n) is 10.6. The summed E-state index contributed by atoms with van der Waals surface area (Å²) in [6.07, 6.45) is 1.81. The van der Waals surface area contributed by atoms with Gasteiger partial charge in [0.2, 0.25) is 11.7 Å². The lowest BCUT2D eigenvalue weighted by molar-refractivity contribution is 0.284. The minimum absolute atomic E-state index is 0. The van der Waals surface area contributed by atoms with Gasteiger partial charge in [-0.25, -0.2) is 0 Å². The number of nitrogens with zero attached hydrogens (tertiary/aromatic N) is 2. The molecule has 4 nitrogen and oxygen atoms in total. The van der Waals surface area contributed by atoms with Gasteiger partial charge in [0, 0.05) is 5.56 Å². The van der Waals surface area contributed by atoms with Crippen molar-refractivity contribution in [2.24, 2.45) is 5.73 Å². The Kier molecular flexibility index (Phi) is 4.87. The third kappa shape index (κ3) is 3.09. The quantitative estimate of drug-likeness (QED) is 0.924. The Bertz CT molecular complexity index is 482. The highest BCUT2D eigenvalue weighted by molar-refractivity contribution is 5.85. The highest BCUT2D eigenvalue weighted by atomic mass is 35.5. The first kappa shape index (κ1) is 14.7. The second kappa shape index (κ2) is 5.98. The van der Waals surface area contributed by atoms with Crippen LogP contribution in [0.3, 0.4) is 0 Å². The van der Waals surface area contributed by atoms with Gasteiger partial charge in [-0.2, -0.15) is 4.98 Å². The predicted octanol–water partition coefficient (Wildman–Crippen LogP) is 3.13. The Morgan fingerprint density at radius 1 is 1.28 bits per heavy atom. The molecule has 0 bridgehead atoms. The lowest BCUT2D eigenvalue weighted by Gasteiger charge is -2.18. The largest absolute Gasteiger partial charge is 0.337 e. The third-order valence-corrected chi connectivity index (χ3v) is 2.72. The van der Waals surface area contributed by atoms with Crippen molar-refractivity contribution >= 4 is 12.4 Å². The topological polar surface area (TPSA) is 64.9 Å². The van der Waals surface area contributed by atoms with Crippen LogP contribution in [-0.2, 0) is 5.54 Å². The summed E-state index contributed by atoms with van der Waals surface area (Å²) in [5.41, 5.74) is 6.54. The van der Waals surface area contributed by atoms with Crippen LogP contribution in [0.5, 0.6) is 0 Å². The summed E-state index contributed by atoms with van der Waals surface area (Å²) in [4.78, 5) is 4.37. The van der Waals surface area contributed by atoms with Crippen LogP contribution in [-0.4, -0.2) is 10.1 Å². The van der Waals surface area contributed by atoms with Crippen molar-refractivity contribution in [3.8, 4) is 11.4 Å². The molecule has 0 fully saturated rings. The molecule has 0 aliphatic heterocycles. The summed E-state index contributed by atoms with van der Waals surface area (Å²) in [5.74, 6) is 1.09. The monoisotopic (exact) mass is 267 g/mol. The van der Waals surface area contributed by atoms with Crippen molar-refractivity contribution in [2.45, 2.75) is 32.2 Å². The fraction of sp³-hybridized carbons (Fsp3) is 0.385. The minimum atomic E-state index is -0.547. The van der Waals surface area contributed by atoms with E-state index in [9.17, 15) is 0 Å². The van der Waals surface area contributed by atoms with Gasteiger partial charge in [0.05, 0.1) is 5.54 Å². The van der Waals surface area contributed by atoms with Crippen molar-refractivity contribution in [3.63, 3.8) is 0 Å². The molecule has 0 saturated carbocycles. The van der Waals surface area contributed by atoms with Gasteiger partial charge >= 0.3 is 0 Å². The van der Waals surface area contributed by atoms with Gasteiger partial charge in [0.15, 0.2) is 0 Å². The first-order chi connectivity index (χ1) is 8.13. The average Bonchev–Trinajstić information content (AvgIpc) is 2.80. The molecule has 0 amide bonds. The van der Waals surface area contributed by atoms with Crippen LogP contribution in [0.15, 0.2) is 34.9 Å². The Morgan fingerprint density at radius 2 is 1.94 bits per heavy atom. The Morgan fingerprint density at radius 3 is 2.56 bits per heavy atom. The Balaban J connectivity index is 0.00000162. The summed E-state index contributed by atoms with van der Waals surface area (Å²) in [5, 5.41) is 3.97. The van der Waals surface area contributed by atoms with E-state index in [-0.39, 0.29) is 12.4 Å². The molecule has 98 valence electrons. The van der Waals surface area contributed by atoms with Crippen LogP contribution in [0.4, 0.5) is 0 Å². The average molecular weight is 268 g/mol. The first-order valence-electron chi connectivity index (χ1n) is 5.82. The van der Waals surface area contributed by atoms with E-state index in [2.05, 4.69) is 17.1 Å². The maximum atomic E-state index is 6.14. The number of halogens is 1. The number of hydrogen-bond donors (Lipinski definition) is 1. The van der Waals surface area contributed by atoms with Gasteiger partial charge in [-0.3, -0.25) is 0 Å². The molecule has 2 N–H and O–H groups in total. The molecule has 18 heavy (non-hydrogen) atoms. The zero-order chi connectivity index (χ0) is 12.3. The molecule has 1 heterocycles. The van der Waals surface area contributed by atoms with Crippen LogP contribution in [0.25, 0.3) is 11.4 Å². The van der Waals surface area contributed by atoms with Crippen molar-refractivity contribution in [3.05, 3.63) is 36.2 Å². The number of nitrogens with two attached hydrogens (primary N) is 1. The Labute approximate surface area is 113 Å². The van der Waals surface area contributed by atoms with E-state index in [0.29, 0.717) is 11.7 Å². The first-order valence-corrected chi connectivity index (χ1v) is 5.82. The van der Waals surface area contributed by atoms with E-state index in [0.717, 1.165) is 18.4 Å². The van der Waals surface area contributed by atoms with Crippen molar-refractivity contribution < 1.29 is 4.52 Å². The van der Waals surface area contributed by atoms with Gasteiger partial charge in [-0.15, -0.1) is 12.4 Å². The number of hydrogen-bond acceptors (Lipinski definition) is 4. The normalized spacial score (nSPS) is 13.7. The molecule has 0 aliphatic carbocycles. The predicted molar refractivity (Wildman–Crippen MR) is 73.4 cm³/mol. The molecule has 1 atom stereocenters. The lowest BCUT2D eigenvalue weighted by Crippen LogP contribution is -2.33. The molecule has 0 aliphatic rings. The summed E-state index contributed by atoms with van der Waals surface area (Å²) in [6, 6.07) is 9.73. The molecule has 5 heteroatoms. The SMILES string of the molecule is CCCC(C)(N)c1nc(-c2ccccc2)no1.Cl. The highest BCUT2D eigenvalue weighted by Crippen LogP contribution is 2.24. The van der Waals surface area contributed by atoms with Gasteiger partial charge in [0.1, 0.15) is 0 Å². The van der Waals surface area contributed by atoms with Crippen LogP contribution in [0.2, 0.25) is 0 Å². The smallest absolute Gasteiger partial charge is 0.246 e. The minimum Gasteiger partial charge on any atom is -0.337 e. The molecule has 1 aromatic heterocycles. The molecule has 0 spiro atoms. The van der Waals surface area contributed by atoms with E-state index in [4.69, 9.17) is 10.3 Å². The molecule has 0 saturated heterocycles. The summed E-state index contributed by atoms with van der Waals surface area (Å²) < 4.78 is 5.25. The van der Waals surface area contributed by atoms with E-state index >= 15 is 0 Å². The highest BCUT2D eigenvalue weighted by Gasteiger charge is 2.27. The van der Waals surface area contributed by atoms with Crippen molar-refractivity contribution in [2.75, 3.05) is 0 Å². The number of aromatic nitrogens is 2. The lowest BCUT2D eigenvalue weighted by atomic mass is 9.98. The fourth-order valence-corrected chi connectivity index (χ4v) is 1.79. The van der Waals surface area contributed by atoms with Gasteiger partial charge in [-0.05, 0) is 13.3 Å². The van der Waals surface area contributed by atoms with Crippen LogP contribution in [0.1, 0.15) is 32.6 Å². The van der Waals surface area contributed by atoms with E-state index in [1.165, 1.54) is 0 Å². The maximum Gasteiger partial charge on any atom is 0.246 e. The molecule has 0 radical (unpaired) electrons. The molecular weight excluding hydrogens is 250 g/mol. The summed E-state index contributed by atoms with van der Waals surface area (Å²) >= 11 is 0. The van der Waals surface area contributed by atoms with Crippen molar-refractivity contribution in [1.29, 1.82) is 0 Å². The van der Waals surface area contributed by atoms with E-state index in [1.807, 2.05) is 37.3 Å². The van der Waals surface area contributed by atoms with Gasteiger partial charge in [0.25, 0.3) is 0 Å². The number of benzene rings is 1. The Hall–Kier alpha value is -1.39. The summed E-state index contributed by atoms with van der Waals surface area (Å²) in [7, 11) is 0. The molecule has 1 unspecified atom stereocenters. The molecule has 1 aromatic carbocycles. The second-order valence-electron chi connectivity index (χ2n) is 4.46. The van der Waals surface area contributed by atoms with Crippen LogP contribution in [0, 0.1) is 0 Å². The second-order valence-corrected chi connectivity index (χ2v) is 4.46. The number of rotatable bonds is 4. The molecule has 2 rings (SSSR count). The standard InChI is InChI=1S/C13H17N3O.ClH/c1-3-9-13(2,14)12-15-11(16-17-12)10-7-5-4-6-8-10;/h4-8H,3,9,14H2,1-2H3;1H. The van der Waals surface area contributed by atoms with Crippen LogP contribution < -0.4 is 5.73 Å².